The molecule has 27 heavy (non-hydrogen) atoms. The molecule has 0 spiro atoms. The zero-order valence-corrected chi connectivity index (χ0v) is 16.5. The summed E-state index contributed by atoms with van der Waals surface area (Å²) in [6.45, 7) is 3.84. The lowest BCUT2D eigenvalue weighted by Crippen LogP contribution is -2.37. The van der Waals surface area contributed by atoms with E-state index in [2.05, 4.69) is 0 Å². The van der Waals surface area contributed by atoms with Gasteiger partial charge >= 0.3 is 5.97 Å². The van der Waals surface area contributed by atoms with E-state index in [0.717, 1.165) is 11.1 Å². The third-order valence-corrected chi connectivity index (χ3v) is 6.53. The number of phenols is 2. The lowest BCUT2D eigenvalue weighted by Gasteiger charge is -2.26. The molecule has 0 radical (unpaired) electrons. The molecule has 7 heteroatoms. The van der Waals surface area contributed by atoms with Crippen LogP contribution in [0, 0.1) is 0 Å². The van der Waals surface area contributed by atoms with E-state index in [1.54, 1.807) is 36.4 Å². The zero-order chi connectivity index (χ0) is 20.0. The van der Waals surface area contributed by atoms with Crippen molar-refractivity contribution in [1.29, 1.82) is 0 Å². The molecule has 2 aromatic carbocycles. The average molecular weight is 390 g/mol. The van der Waals surface area contributed by atoms with E-state index in [0.29, 0.717) is 12.8 Å². The number of hydrogen-bond donors (Lipinski definition) is 4. The van der Waals surface area contributed by atoms with Gasteiger partial charge in [-0.05, 0) is 54.9 Å². The van der Waals surface area contributed by atoms with Crippen molar-refractivity contribution in [1.82, 2.24) is 0 Å². The Morgan fingerprint density at radius 1 is 0.963 bits per heavy atom. The summed E-state index contributed by atoms with van der Waals surface area (Å²) in [7, 11) is -1.08. The van der Waals surface area contributed by atoms with Crippen LogP contribution in [0.1, 0.15) is 18.1 Å². The smallest absolute Gasteiger partial charge is 0.325 e. The fraction of sp³-hybridized carbons (Fsp3) is 0.350. The van der Waals surface area contributed by atoms with Gasteiger partial charge in [-0.2, -0.15) is 0 Å². The van der Waals surface area contributed by atoms with Crippen LogP contribution in [0.25, 0.3) is 0 Å². The molecule has 6 N–H and O–H groups in total. The van der Waals surface area contributed by atoms with Crippen LogP contribution in [-0.2, 0) is 22.2 Å². The highest BCUT2D eigenvalue weighted by atomic mass is 31.1. The van der Waals surface area contributed by atoms with Crippen LogP contribution in [0.2, 0.25) is 0 Å². The van der Waals surface area contributed by atoms with Crippen LogP contribution >= 0.6 is 8.15 Å². The highest BCUT2D eigenvalue weighted by Crippen LogP contribution is 2.40. The molecule has 0 saturated carbocycles. The minimum atomic E-state index is -1.08. The third-order valence-electron chi connectivity index (χ3n) is 4.53. The molecule has 4 unspecified atom stereocenters. The van der Waals surface area contributed by atoms with Crippen LogP contribution in [0.4, 0.5) is 0 Å². The minimum Gasteiger partial charge on any atom is -0.508 e. The largest absolute Gasteiger partial charge is 0.508 e. The zero-order valence-electron chi connectivity index (χ0n) is 15.6. The molecule has 2 aromatic rings. The number of hydrogen-bond acceptors (Lipinski definition) is 6. The first-order chi connectivity index (χ1) is 12.8. The molecule has 2 rings (SSSR count). The molecule has 0 saturated heterocycles. The Labute approximate surface area is 161 Å². The van der Waals surface area contributed by atoms with Gasteiger partial charge in [-0.15, -0.1) is 0 Å². The van der Waals surface area contributed by atoms with Crippen molar-refractivity contribution in [2.75, 3.05) is 6.66 Å². The molecule has 0 aliphatic carbocycles. The summed E-state index contributed by atoms with van der Waals surface area (Å²) in [5.41, 5.74) is 14.1. The normalized spacial score (nSPS) is 15.6. The van der Waals surface area contributed by atoms with Crippen molar-refractivity contribution in [3.63, 3.8) is 0 Å². The van der Waals surface area contributed by atoms with Crippen molar-refractivity contribution in [2.45, 2.75) is 37.5 Å². The average Bonchev–Trinajstić information content (AvgIpc) is 2.64. The fourth-order valence-corrected chi connectivity index (χ4v) is 3.84. The molecule has 6 nitrogen and oxygen atoms in total. The Balaban J connectivity index is 1.86. The Morgan fingerprint density at radius 3 is 1.89 bits per heavy atom. The number of benzene rings is 2. The van der Waals surface area contributed by atoms with Gasteiger partial charge in [0.25, 0.3) is 0 Å². The first-order valence-electron chi connectivity index (χ1n) is 8.78. The number of rotatable bonds is 8. The Bertz CT molecular complexity index is 737. The third kappa shape index (κ3) is 6.51. The van der Waals surface area contributed by atoms with Gasteiger partial charge in [0, 0.05) is 11.7 Å². The van der Waals surface area contributed by atoms with E-state index in [1.165, 1.54) is 0 Å². The van der Waals surface area contributed by atoms with Crippen molar-refractivity contribution >= 4 is 14.1 Å². The Hall–Kier alpha value is -2.14. The predicted molar refractivity (Wildman–Crippen MR) is 108 cm³/mol. The number of phenolic OH excluding ortho intramolecular Hbond substituents is 2. The monoisotopic (exact) mass is 390 g/mol. The highest BCUT2D eigenvalue weighted by molar-refractivity contribution is 7.53. The van der Waals surface area contributed by atoms with Crippen LogP contribution in [0.15, 0.2) is 48.5 Å². The van der Waals surface area contributed by atoms with Crippen LogP contribution < -0.4 is 11.5 Å². The quantitative estimate of drug-likeness (QED) is 0.514. The second kappa shape index (κ2) is 9.70. The highest BCUT2D eigenvalue weighted by Gasteiger charge is 2.26. The van der Waals surface area contributed by atoms with Crippen LogP contribution in [0.3, 0.4) is 0 Å². The van der Waals surface area contributed by atoms with Gasteiger partial charge < -0.3 is 26.2 Å². The van der Waals surface area contributed by atoms with Gasteiger partial charge in [-0.25, -0.2) is 0 Å². The maximum atomic E-state index is 12.3. The van der Waals surface area contributed by atoms with Gasteiger partial charge in [-0.1, -0.05) is 31.2 Å². The standard InChI is InChI=1S/C20H27N2O4P/c1-13(18(21)11-14-3-7-16(23)8-4-14)27(2)26-20(25)19(22)12-15-5-9-17(24)10-6-15/h3-10,13,18-19,23-24H,11-12,21-22H2,1-2H3. The molecule has 0 fully saturated rings. The van der Waals surface area contributed by atoms with Crippen molar-refractivity contribution in [3.05, 3.63) is 59.7 Å². The molecule has 0 aliphatic heterocycles. The van der Waals surface area contributed by atoms with Gasteiger partial charge in [0.2, 0.25) is 0 Å². The van der Waals surface area contributed by atoms with Crippen LogP contribution in [-0.4, -0.2) is 40.6 Å². The van der Waals surface area contributed by atoms with E-state index in [9.17, 15) is 15.0 Å². The lowest BCUT2D eigenvalue weighted by molar-refractivity contribution is -0.135. The Morgan fingerprint density at radius 2 is 1.41 bits per heavy atom. The Kier molecular flexibility index (Phi) is 7.60. The molecule has 0 heterocycles. The second-order valence-electron chi connectivity index (χ2n) is 6.71. The van der Waals surface area contributed by atoms with E-state index in [1.807, 2.05) is 25.7 Å². The van der Waals surface area contributed by atoms with E-state index < -0.39 is 20.2 Å². The maximum Gasteiger partial charge on any atom is 0.325 e. The lowest BCUT2D eigenvalue weighted by atomic mass is 10.0. The summed E-state index contributed by atoms with van der Waals surface area (Å²) in [5.74, 6) is -0.0570. The van der Waals surface area contributed by atoms with Gasteiger partial charge in [0.05, 0.1) is 8.15 Å². The molecular weight excluding hydrogens is 363 g/mol. The topological polar surface area (TPSA) is 119 Å². The summed E-state index contributed by atoms with van der Waals surface area (Å²) in [4.78, 5) is 12.3. The summed E-state index contributed by atoms with van der Waals surface area (Å²) in [6, 6.07) is 12.6. The molecular formula is C20H27N2O4P. The number of carbonyl (C=O) groups excluding carboxylic acids is 1. The summed E-state index contributed by atoms with van der Waals surface area (Å²) >= 11 is 0. The van der Waals surface area contributed by atoms with E-state index in [-0.39, 0.29) is 23.2 Å². The van der Waals surface area contributed by atoms with Gasteiger partial charge in [0.15, 0.2) is 0 Å². The fourth-order valence-electron chi connectivity index (χ4n) is 2.61. The number of carbonyl (C=O) groups is 1. The van der Waals surface area contributed by atoms with Gasteiger partial charge in [0.1, 0.15) is 17.5 Å². The predicted octanol–water partition coefficient (Wildman–Crippen LogP) is 2.50. The molecule has 0 bridgehead atoms. The number of aromatic hydroxyl groups is 2. The van der Waals surface area contributed by atoms with Crippen molar-refractivity contribution in [3.8, 4) is 11.5 Å². The van der Waals surface area contributed by atoms with Gasteiger partial charge in [-0.3, -0.25) is 4.79 Å². The van der Waals surface area contributed by atoms with E-state index in [4.69, 9.17) is 16.0 Å². The van der Waals surface area contributed by atoms with E-state index >= 15 is 0 Å². The summed E-state index contributed by atoms with van der Waals surface area (Å²) < 4.78 is 5.58. The first kappa shape index (κ1) is 21.2. The minimum absolute atomic E-state index is 0.00127. The summed E-state index contributed by atoms with van der Waals surface area (Å²) in [6.07, 6.45) is 0.974. The first-order valence-corrected chi connectivity index (χ1v) is 10.6. The molecule has 0 aromatic heterocycles. The molecule has 0 aliphatic rings. The van der Waals surface area contributed by atoms with Crippen molar-refractivity contribution in [2.24, 2.45) is 11.5 Å². The molecule has 4 atom stereocenters. The second-order valence-corrected chi connectivity index (χ2v) is 8.80. The maximum absolute atomic E-state index is 12.3. The SMILES string of the molecule is CC(C(N)Cc1ccc(O)cc1)P(C)OC(=O)C(N)Cc1ccc(O)cc1. The van der Waals surface area contributed by atoms with Crippen molar-refractivity contribution < 1.29 is 19.5 Å². The molecule has 146 valence electrons. The molecule has 0 amide bonds. The number of nitrogens with two attached hydrogens (primary N) is 2. The summed E-state index contributed by atoms with van der Waals surface area (Å²) in [5, 5.41) is 18.7. The van der Waals surface area contributed by atoms with Crippen LogP contribution in [0.5, 0.6) is 11.5 Å².